The Balaban J connectivity index is 3.95. The predicted octanol–water partition coefficient (Wildman–Crippen LogP) is 20.3. The summed E-state index contributed by atoms with van der Waals surface area (Å²) in [4.78, 5) is 23.1. The molecule has 0 rings (SSSR count). The SMILES string of the molecule is CCCCCCCCCCCCCCCCCCCCCCCCCCCC(=O)OC(COCCCCCCCCCCCCCCCCCCCCCCCCCC)COP(=O)(O)OCC[N+](C)(C)C. The second kappa shape index (κ2) is 55.7. The summed E-state index contributed by atoms with van der Waals surface area (Å²) in [6.45, 7) is 5.73. The topological polar surface area (TPSA) is 91.3 Å². The van der Waals surface area contributed by atoms with Crippen LogP contribution in [0.15, 0.2) is 0 Å². The number of ether oxygens (including phenoxy) is 2. The van der Waals surface area contributed by atoms with Gasteiger partial charge in [0, 0.05) is 13.0 Å². The van der Waals surface area contributed by atoms with Gasteiger partial charge < -0.3 is 18.9 Å². The van der Waals surface area contributed by atoms with Gasteiger partial charge in [0.15, 0.2) is 0 Å². The van der Waals surface area contributed by atoms with Crippen molar-refractivity contribution in [2.24, 2.45) is 0 Å². The summed E-state index contributed by atoms with van der Waals surface area (Å²) in [5.41, 5.74) is 0. The van der Waals surface area contributed by atoms with Crippen molar-refractivity contribution in [2.45, 2.75) is 341 Å². The third-order valence-electron chi connectivity index (χ3n) is 14.7. The number of likely N-dealkylation sites (N-methyl/N-ethyl adjacent to an activating group) is 1. The van der Waals surface area contributed by atoms with E-state index in [9.17, 15) is 14.3 Å². The summed E-state index contributed by atoms with van der Waals surface area (Å²) in [6.07, 6.45) is 66.2. The van der Waals surface area contributed by atoms with Crippen molar-refractivity contribution in [1.29, 1.82) is 0 Å². The van der Waals surface area contributed by atoms with Crippen molar-refractivity contribution in [3.63, 3.8) is 0 Å². The van der Waals surface area contributed by atoms with E-state index < -0.39 is 13.9 Å². The molecule has 0 aliphatic rings. The maximum absolute atomic E-state index is 12.8. The van der Waals surface area contributed by atoms with E-state index in [0.717, 1.165) is 32.1 Å². The molecule has 1 N–H and O–H groups in total. The fourth-order valence-corrected chi connectivity index (χ4v) is 10.5. The zero-order chi connectivity index (χ0) is 51.9. The highest BCUT2D eigenvalue weighted by molar-refractivity contribution is 7.47. The lowest BCUT2D eigenvalue weighted by Gasteiger charge is -2.24. The van der Waals surface area contributed by atoms with Gasteiger partial charge in [0.25, 0.3) is 0 Å². The average molecular weight is 1030 g/mol. The van der Waals surface area contributed by atoms with E-state index >= 15 is 0 Å². The first-order chi connectivity index (χ1) is 34.6. The number of phosphoric ester groups is 1. The molecular weight excluding hydrogens is 902 g/mol. The molecule has 0 radical (unpaired) electrons. The number of phosphoric acid groups is 1. The number of nitrogens with zero attached hydrogens (tertiary/aromatic N) is 1. The number of quaternary nitrogens is 1. The Morgan fingerprint density at radius 1 is 0.380 bits per heavy atom. The molecule has 0 aliphatic heterocycles. The van der Waals surface area contributed by atoms with Gasteiger partial charge in [0.1, 0.15) is 19.3 Å². The van der Waals surface area contributed by atoms with E-state index in [1.807, 2.05) is 21.1 Å². The number of carbonyl (C=O) groups is 1. The maximum Gasteiger partial charge on any atom is 0.472 e. The van der Waals surface area contributed by atoms with Gasteiger partial charge >= 0.3 is 13.8 Å². The van der Waals surface area contributed by atoms with Crippen LogP contribution in [0.5, 0.6) is 0 Å². The summed E-state index contributed by atoms with van der Waals surface area (Å²) in [7, 11) is 1.70. The molecule has 0 spiro atoms. The molecule has 0 fully saturated rings. The quantitative estimate of drug-likeness (QED) is 0.0281. The minimum Gasteiger partial charge on any atom is -0.457 e. The van der Waals surface area contributed by atoms with Gasteiger partial charge in [-0.15, -0.1) is 0 Å². The zero-order valence-corrected chi connectivity index (χ0v) is 49.7. The molecule has 71 heavy (non-hydrogen) atoms. The lowest BCUT2D eigenvalue weighted by Crippen LogP contribution is -2.37. The van der Waals surface area contributed by atoms with Gasteiger partial charge in [0.05, 0.1) is 34.4 Å². The van der Waals surface area contributed by atoms with Crippen molar-refractivity contribution >= 4 is 13.8 Å². The van der Waals surface area contributed by atoms with Crippen LogP contribution in [-0.4, -0.2) is 75.6 Å². The molecule has 0 aromatic heterocycles. The maximum atomic E-state index is 12.8. The van der Waals surface area contributed by atoms with Crippen molar-refractivity contribution in [2.75, 3.05) is 54.1 Å². The molecule has 0 aromatic carbocycles. The largest absolute Gasteiger partial charge is 0.472 e. The summed E-state index contributed by atoms with van der Waals surface area (Å²) < 4.78 is 35.4. The molecule has 0 aromatic rings. The van der Waals surface area contributed by atoms with Crippen LogP contribution in [0, 0.1) is 0 Å². The third-order valence-corrected chi connectivity index (χ3v) is 15.7. The third kappa shape index (κ3) is 60.2. The van der Waals surface area contributed by atoms with Gasteiger partial charge in [0.2, 0.25) is 0 Å². The minimum atomic E-state index is -4.28. The smallest absolute Gasteiger partial charge is 0.457 e. The predicted molar refractivity (Wildman–Crippen MR) is 308 cm³/mol. The Hall–Kier alpha value is -0.500. The normalized spacial score (nSPS) is 13.3. The Bertz CT molecular complexity index is 1100. The second-order valence-corrected chi connectivity index (χ2v) is 24.6. The molecule has 0 bridgehead atoms. The lowest BCUT2D eigenvalue weighted by atomic mass is 10.0. The van der Waals surface area contributed by atoms with Gasteiger partial charge in [-0.2, -0.15) is 0 Å². The van der Waals surface area contributed by atoms with Gasteiger partial charge in [-0.1, -0.05) is 316 Å². The standard InChI is InChI=1S/C62H126NO7P/c1-6-8-10-12-14-16-18-20-22-24-26-28-30-32-33-35-37-39-41-43-45-47-49-51-53-55-62(64)70-61(60-69-71(65,66)68-58-56-63(3,4)5)59-67-57-54-52-50-48-46-44-42-40-38-36-34-31-29-27-25-23-21-19-17-15-13-11-9-7-2/h61H,6-60H2,1-5H3/p+1. The summed E-state index contributed by atoms with van der Waals surface area (Å²) in [6, 6.07) is 0. The molecule has 9 heteroatoms. The number of carbonyl (C=O) groups excluding carboxylic acids is 1. The van der Waals surface area contributed by atoms with Crippen LogP contribution in [0.3, 0.4) is 0 Å². The first-order valence-corrected chi connectivity index (χ1v) is 33.3. The lowest BCUT2D eigenvalue weighted by molar-refractivity contribution is -0.870. The van der Waals surface area contributed by atoms with Crippen LogP contribution in [0.25, 0.3) is 0 Å². The van der Waals surface area contributed by atoms with E-state index in [4.69, 9.17) is 18.5 Å². The minimum absolute atomic E-state index is 0.0946. The van der Waals surface area contributed by atoms with Gasteiger partial charge in [-0.3, -0.25) is 13.8 Å². The molecule has 2 unspecified atom stereocenters. The molecule has 0 amide bonds. The zero-order valence-electron chi connectivity index (χ0n) is 48.8. The Kier molecular flexibility index (Phi) is 55.3. The molecule has 2 atom stereocenters. The Labute approximate surface area is 444 Å². The number of hydrogen-bond acceptors (Lipinski definition) is 6. The molecule has 0 heterocycles. The van der Waals surface area contributed by atoms with Crippen LogP contribution in [0.2, 0.25) is 0 Å². The van der Waals surface area contributed by atoms with Crippen molar-refractivity contribution in [3.8, 4) is 0 Å². The first kappa shape index (κ1) is 70.5. The van der Waals surface area contributed by atoms with Crippen molar-refractivity contribution in [1.82, 2.24) is 0 Å². The van der Waals surface area contributed by atoms with Crippen molar-refractivity contribution < 1.29 is 37.3 Å². The molecule has 0 saturated carbocycles. The summed E-state index contributed by atoms with van der Waals surface area (Å²) in [5, 5.41) is 0. The Morgan fingerprint density at radius 2 is 0.648 bits per heavy atom. The summed E-state index contributed by atoms with van der Waals surface area (Å²) in [5.74, 6) is -0.301. The second-order valence-electron chi connectivity index (χ2n) is 23.2. The van der Waals surface area contributed by atoms with Crippen LogP contribution in [0.1, 0.15) is 335 Å². The number of rotatable bonds is 61. The van der Waals surface area contributed by atoms with Crippen LogP contribution in [-0.2, 0) is 27.9 Å². The molecule has 0 aliphatic carbocycles. The summed E-state index contributed by atoms with van der Waals surface area (Å²) >= 11 is 0. The van der Waals surface area contributed by atoms with E-state index in [1.165, 1.54) is 283 Å². The van der Waals surface area contributed by atoms with E-state index in [2.05, 4.69) is 13.8 Å². The van der Waals surface area contributed by atoms with E-state index in [0.29, 0.717) is 24.1 Å². The number of hydrogen-bond donors (Lipinski definition) is 1. The Morgan fingerprint density at radius 3 is 0.930 bits per heavy atom. The van der Waals surface area contributed by atoms with Gasteiger partial charge in [-0.05, 0) is 12.8 Å². The van der Waals surface area contributed by atoms with Crippen LogP contribution >= 0.6 is 7.82 Å². The fourth-order valence-electron chi connectivity index (χ4n) is 9.80. The number of esters is 1. The van der Waals surface area contributed by atoms with E-state index in [1.54, 1.807) is 0 Å². The first-order valence-electron chi connectivity index (χ1n) is 31.8. The fraction of sp³-hybridized carbons (Fsp3) is 0.984. The highest BCUT2D eigenvalue weighted by Gasteiger charge is 2.26. The van der Waals surface area contributed by atoms with Crippen LogP contribution in [0.4, 0.5) is 0 Å². The molecule has 426 valence electrons. The molecule has 8 nitrogen and oxygen atoms in total. The molecule has 0 saturated heterocycles. The number of unbranched alkanes of at least 4 members (excludes halogenated alkanes) is 47. The average Bonchev–Trinajstić information content (AvgIpc) is 3.33. The van der Waals surface area contributed by atoms with Gasteiger partial charge in [-0.25, -0.2) is 4.57 Å². The van der Waals surface area contributed by atoms with Crippen molar-refractivity contribution in [3.05, 3.63) is 0 Å². The monoisotopic (exact) mass is 1030 g/mol. The van der Waals surface area contributed by atoms with E-state index in [-0.39, 0.29) is 25.8 Å². The van der Waals surface area contributed by atoms with Crippen LogP contribution < -0.4 is 0 Å². The highest BCUT2D eigenvalue weighted by Crippen LogP contribution is 2.43. The molecular formula is C62H127NO7P+. The highest BCUT2D eigenvalue weighted by atomic mass is 31.2.